The van der Waals surface area contributed by atoms with E-state index in [1.807, 2.05) is 26.0 Å². The van der Waals surface area contributed by atoms with Crippen molar-refractivity contribution in [3.63, 3.8) is 0 Å². The third-order valence-corrected chi connectivity index (χ3v) is 5.50. The molecule has 1 aromatic rings. The summed E-state index contributed by atoms with van der Waals surface area (Å²) in [6.07, 6.45) is 4.21. The second-order valence-electron chi connectivity index (χ2n) is 7.66. The van der Waals surface area contributed by atoms with Crippen molar-refractivity contribution in [1.29, 1.82) is 0 Å². The number of rotatable bonds is 5. The third kappa shape index (κ3) is 4.15. The van der Waals surface area contributed by atoms with Crippen molar-refractivity contribution < 1.29 is 14.3 Å². The number of amides is 1. The number of likely N-dealkylation sites (tertiary alicyclic amines) is 1. The molecule has 1 aromatic carbocycles. The molecule has 2 N–H and O–H groups in total. The topological polar surface area (TPSA) is 64.8 Å². The van der Waals surface area contributed by atoms with Crippen molar-refractivity contribution in [3.8, 4) is 5.75 Å². The number of nitrogens with two attached hydrogens (primary N) is 1. The molecule has 0 saturated carbocycles. The minimum Gasteiger partial charge on any atom is -0.491 e. The summed E-state index contributed by atoms with van der Waals surface area (Å²) >= 11 is 0. The Hall–Kier alpha value is -1.59. The number of benzene rings is 1. The van der Waals surface area contributed by atoms with Crippen molar-refractivity contribution in [2.24, 2.45) is 11.1 Å². The smallest absolute Gasteiger partial charge is 0.235 e. The standard InChI is InChI=1S/C20H30N2O3/c1-15(2)25-17-6-4-16(5-7-17)14-22-11-3-8-20(18(22)19(21)23)9-12-24-13-10-20/h4-7,15,18H,3,8-14H2,1-2H3,(H2,21,23). The molecule has 0 aliphatic carbocycles. The van der Waals surface area contributed by atoms with E-state index < -0.39 is 0 Å². The van der Waals surface area contributed by atoms with Gasteiger partial charge in [0.1, 0.15) is 5.75 Å². The maximum Gasteiger partial charge on any atom is 0.235 e. The van der Waals surface area contributed by atoms with Crippen LogP contribution in [0.2, 0.25) is 0 Å². The highest BCUT2D eigenvalue weighted by Crippen LogP contribution is 2.44. The van der Waals surface area contributed by atoms with E-state index in [0.717, 1.165) is 57.7 Å². The molecular formula is C20H30N2O3. The van der Waals surface area contributed by atoms with Crippen LogP contribution in [0.25, 0.3) is 0 Å². The summed E-state index contributed by atoms with van der Waals surface area (Å²) < 4.78 is 11.2. The van der Waals surface area contributed by atoms with Gasteiger partial charge >= 0.3 is 0 Å². The van der Waals surface area contributed by atoms with Gasteiger partial charge in [0, 0.05) is 19.8 Å². The Morgan fingerprint density at radius 2 is 1.96 bits per heavy atom. The summed E-state index contributed by atoms with van der Waals surface area (Å²) in [7, 11) is 0. The van der Waals surface area contributed by atoms with E-state index in [2.05, 4.69) is 17.0 Å². The molecule has 1 spiro atoms. The minimum absolute atomic E-state index is 0.0109. The van der Waals surface area contributed by atoms with Gasteiger partial charge in [-0.2, -0.15) is 0 Å². The van der Waals surface area contributed by atoms with Crippen LogP contribution in [0.4, 0.5) is 0 Å². The van der Waals surface area contributed by atoms with Crippen LogP contribution in [0, 0.1) is 5.41 Å². The largest absolute Gasteiger partial charge is 0.491 e. The highest BCUT2D eigenvalue weighted by Gasteiger charge is 2.48. The fraction of sp³-hybridized carbons (Fsp3) is 0.650. The lowest BCUT2D eigenvalue weighted by atomic mass is 9.67. The molecule has 138 valence electrons. The Kier molecular flexibility index (Phi) is 5.64. The summed E-state index contributed by atoms with van der Waals surface area (Å²) in [6, 6.07) is 7.98. The SMILES string of the molecule is CC(C)Oc1ccc(CN2CCCC3(CCOCC3)C2C(N)=O)cc1. The molecular weight excluding hydrogens is 316 g/mol. The zero-order chi connectivity index (χ0) is 17.9. The molecule has 0 aromatic heterocycles. The molecule has 2 saturated heterocycles. The van der Waals surface area contributed by atoms with Crippen LogP contribution in [0.1, 0.15) is 45.1 Å². The zero-order valence-electron chi connectivity index (χ0n) is 15.4. The molecule has 5 nitrogen and oxygen atoms in total. The first-order chi connectivity index (χ1) is 12.0. The summed E-state index contributed by atoms with van der Waals surface area (Å²) in [5.41, 5.74) is 7.03. The van der Waals surface area contributed by atoms with Gasteiger partial charge in [0.25, 0.3) is 0 Å². The van der Waals surface area contributed by atoms with Gasteiger partial charge < -0.3 is 15.2 Å². The lowest BCUT2D eigenvalue weighted by Gasteiger charge is -2.50. The number of ether oxygens (including phenoxy) is 2. The van der Waals surface area contributed by atoms with E-state index in [4.69, 9.17) is 15.2 Å². The molecule has 2 heterocycles. The number of carbonyl (C=O) groups is 1. The van der Waals surface area contributed by atoms with Crippen LogP contribution < -0.4 is 10.5 Å². The zero-order valence-corrected chi connectivity index (χ0v) is 15.4. The van der Waals surface area contributed by atoms with Crippen molar-refractivity contribution in [1.82, 2.24) is 4.90 Å². The van der Waals surface area contributed by atoms with Crippen molar-refractivity contribution in [2.75, 3.05) is 19.8 Å². The maximum absolute atomic E-state index is 12.3. The highest BCUT2D eigenvalue weighted by atomic mass is 16.5. The van der Waals surface area contributed by atoms with Gasteiger partial charge in [0.15, 0.2) is 0 Å². The van der Waals surface area contributed by atoms with Crippen molar-refractivity contribution in [2.45, 2.75) is 58.2 Å². The summed E-state index contributed by atoms with van der Waals surface area (Å²) in [5.74, 6) is 0.686. The highest BCUT2D eigenvalue weighted by molar-refractivity contribution is 5.81. The molecule has 1 amide bonds. The van der Waals surface area contributed by atoms with Gasteiger partial charge in [-0.1, -0.05) is 12.1 Å². The van der Waals surface area contributed by atoms with Crippen molar-refractivity contribution in [3.05, 3.63) is 29.8 Å². The van der Waals surface area contributed by atoms with Gasteiger partial charge in [0.2, 0.25) is 5.91 Å². The second-order valence-corrected chi connectivity index (χ2v) is 7.66. The first-order valence-electron chi connectivity index (χ1n) is 9.37. The fourth-order valence-corrected chi connectivity index (χ4v) is 4.42. The molecule has 2 fully saturated rings. The van der Waals surface area contributed by atoms with Crippen LogP contribution in [-0.4, -0.2) is 42.7 Å². The second kappa shape index (κ2) is 7.75. The first-order valence-corrected chi connectivity index (χ1v) is 9.37. The van der Waals surface area contributed by atoms with Crippen LogP contribution in [0.15, 0.2) is 24.3 Å². The lowest BCUT2D eigenvalue weighted by Crippen LogP contribution is -2.59. The number of piperidine rings is 1. The number of nitrogens with zero attached hydrogens (tertiary/aromatic N) is 1. The van der Waals surface area contributed by atoms with Crippen LogP contribution >= 0.6 is 0 Å². The predicted molar refractivity (Wildman–Crippen MR) is 97.3 cm³/mol. The molecule has 2 aliphatic heterocycles. The molecule has 0 radical (unpaired) electrons. The van der Waals surface area contributed by atoms with E-state index in [1.165, 1.54) is 5.56 Å². The van der Waals surface area contributed by atoms with Gasteiger partial charge in [-0.3, -0.25) is 9.69 Å². The van der Waals surface area contributed by atoms with E-state index in [1.54, 1.807) is 0 Å². The Labute approximate surface area is 150 Å². The van der Waals surface area contributed by atoms with E-state index in [0.29, 0.717) is 0 Å². The quantitative estimate of drug-likeness (QED) is 0.890. The number of hydrogen-bond donors (Lipinski definition) is 1. The Bertz CT molecular complexity index is 574. The Morgan fingerprint density at radius 3 is 2.56 bits per heavy atom. The van der Waals surface area contributed by atoms with Crippen molar-refractivity contribution >= 4 is 5.91 Å². The van der Waals surface area contributed by atoms with E-state index in [-0.39, 0.29) is 23.5 Å². The van der Waals surface area contributed by atoms with Gasteiger partial charge in [-0.25, -0.2) is 0 Å². The molecule has 5 heteroatoms. The lowest BCUT2D eigenvalue weighted by molar-refractivity contribution is -0.138. The molecule has 1 atom stereocenters. The van der Waals surface area contributed by atoms with E-state index >= 15 is 0 Å². The third-order valence-electron chi connectivity index (χ3n) is 5.50. The van der Waals surface area contributed by atoms with Gasteiger partial charge in [-0.15, -0.1) is 0 Å². The Morgan fingerprint density at radius 1 is 1.28 bits per heavy atom. The summed E-state index contributed by atoms with van der Waals surface area (Å²) in [5, 5.41) is 0. The van der Waals surface area contributed by atoms with Gasteiger partial charge in [-0.05, 0) is 69.2 Å². The molecule has 0 bridgehead atoms. The molecule has 3 rings (SSSR count). The number of carbonyl (C=O) groups excluding carboxylic acids is 1. The Balaban J connectivity index is 1.74. The molecule has 2 aliphatic rings. The minimum atomic E-state index is -0.197. The first kappa shape index (κ1) is 18.2. The fourth-order valence-electron chi connectivity index (χ4n) is 4.42. The summed E-state index contributed by atoms with van der Waals surface area (Å²) in [4.78, 5) is 14.6. The number of primary amides is 1. The monoisotopic (exact) mass is 346 g/mol. The van der Waals surface area contributed by atoms with Crippen LogP contribution in [0.3, 0.4) is 0 Å². The average molecular weight is 346 g/mol. The van der Waals surface area contributed by atoms with Gasteiger partial charge in [0.05, 0.1) is 12.1 Å². The normalized spacial score (nSPS) is 23.7. The van der Waals surface area contributed by atoms with Crippen LogP contribution in [0.5, 0.6) is 5.75 Å². The van der Waals surface area contributed by atoms with Crippen LogP contribution in [-0.2, 0) is 16.1 Å². The average Bonchev–Trinajstić information content (AvgIpc) is 2.56. The predicted octanol–water partition coefficient (Wildman–Crippen LogP) is 2.72. The molecule has 25 heavy (non-hydrogen) atoms. The maximum atomic E-state index is 12.3. The number of hydrogen-bond acceptors (Lipinski definition) is 4. The van der Waals surface area contributed by atoms with E-state index in [9.17, 15) is 4.79 Å². The molecule has 1 unspecified atom stereocenters. The summed E-state index contributed by atoms with van der Waals surface area (Å²) in [6.45, 7) is 7.18.